The molecule has 6 heteroatoms. The standard InChI is InChI=1S/C25H32BNO4/c1-24(2)25(3,4)31-26(30-24)21-12-13-22(29-17-19-8-6-5-7-9-19)20(14-21)15-23(28)27-16-18-10-11-18/h5-9,12-14,18H,10-11,15-17H2,1-4H3,(H,27,28). The normalized spacial score (nSPS) is 19.3. The zero-order valence-electron chi connectivity index (χ0n) is 18.9. The maximum Gasteiger partial charge on any atom is 0.494 e. The summed E-state index contributed by atoms with van der Waals surface area (Å²) in [5, 5.41) is 3.05. The lowest BCUT2D eigenvalue weighted by Crippen LogP contribution is -2.41. The molecule has 1 saturated carbocycles. The minimum absolute atomic E-state index is 0.0162. The molecule has 0 spiro atoms. The molecule has 0 atom stereocenters. The van der Waals surface area contributed by atoms with Gasteiger partial charge in [-0.1, -0.05) is 42.5 Å². The monoisotopic (exact) mass is 421 g/mol. The SMILES string of the molecule is CC1(C)OB(c2ccc(OCc3ccccc3)c(CC(=O)NCC3CC3)c2)OC1(C)C. The van der Waals surface area contributed by atoms with Crippen molar-refractivity contribution in [3.05, 3.63) is 59.7 Å². The van der Waals surface area contributed by atoms with Crippen LogP contribution in [0.25, 0.3) is 0 Å². The lowest BCUT2D eigenvalue weighted by atomic mass is 9.78. The van der Waals surface area contributed by atoms with Crippen LogP contribution in [0.3, 0.4) is 0 Å². The zero-order valence-corrected chi connectivity index (χ0v) is 18.9. The maximum atomic E-state index is 12.6. The van der Waals surface area contributed by atoms with Crippen molar-refractivity contribution in [2.24, 2.45) is 5.92 Å². The van der Waals surface area contributed by atoms with Crippen LogP contribution in [0, 0.1) is 5.92 Å². The maximum absolute atomic E-state index is 12.6. The van der Waals surface area contributed by atoms with Gasteiger partial charge in [-0.15, -0.1) is 0 Å². The quantitative estimate of drug-likeness (QED) is 0.662. The van der Waals surface area contributed by atoms with Gasteiger partial charge >= 0.3 is 7.12 Å². The van der Waals surface area contributed by atoms with E-state index >= 15 is 0 Å². The molecule has 2 aromatic carbocycles. The smallest absolute Gasteiger partial charge is 0.489 e. The predicted octanol–water partition coefficient (Wildman–Crippen LogP) is 3.63. The molecule has 5 nitrogen and oxygen atoms in total. The first-order valence-electron chi connectivity index (χ1n) is 11.2. The molecule has 2 aliphatic rings. The van der Waals surface area contributed by atoms with Crippen molar-refractivity contribution >= 4 is 18.5 Å². The van der Waals surface area contributed by atoms with Crippen LogP contribution in [0.2, 0.25) is 0 Å². The van der Waals surface area contributed by atoms with Gasteiger partial charge in [-0.05, 0) is 63.5 Å². The van der Waals surface area contributed by atoms with E-state index < -0.39 is 18.3 Å². The van der Waals surface area contributed by atoms with Gasteiger partial charge in [0.15, 0.2) is 0 Å². The van der Waals surface area contributed by atoms with E-state index in [0.717, 1.165) is 23.1 Å². The van der Waals surface area contributed by atoms with Crippen molar-refractivity contribution in [1.82, 2.24) is 5.32 Å². The summed E-state index contributed by atoms with van der Waals surface area (Å²) < 4.78 is 18.5. The molecule has 1 N–H and O–H groups in total. The average molecular weight is 421 g/mol. The first-order valence-corrected chi connectivity index (χ1v) is 11.2. The Bertz CT molecular complexity index is 908. The fourth-order valence-electron chi connectivity index (χ4n) is 3.56. The van der Waals surface area contributed by atoms with Gasteiger partial charge in [0.25, 0.3) is 0 Å². The van der Waals surface area contributed by atoms with Gasteiger partial charge in [0.1, 0.15) is 12.4 Å². The number of carbonyl (C=O) groups excluding carboxylic acids is 1. The molecule has 1 saturated heterocycles. The zero-order chi connectivity index (χ0) is 22.1. The van der Waals surface area contributed by atoms with Crippen molar-refractivity contribution in [2.75, 3.05) is 6.54 Å². The second-order valence-electron chi connectivity index (χ2n) is 9.65. The predicted molar refractivity (Wildman–Crippen MR) is 122 cm³/mol. The summed E-state index contributed by atoms with van der Waals surface area (Å²) in [4.78, 5) is 12.6. The van der Waals surface area contributed by atoms with Crippen LogP contribution in [-0.2, 0) is 27.1 Å². The van der Waals surface area contributed by atoms with Crippen LogP contribution >= 0.6 is 0 Å². The summed E-state index contributed by atoms with van der Waals surface area (Å²) in [6.45, 7) is 9.36. The summed E-state index contributed by atoms with van der Waals surface area (Å²) >= 11 is 0. The van der Waals surface area contributed by atoms with Crippen LogP contribution < -0.4 is 15.5 Å². The van der Waals surface area contributed by atoms with Gasteiger partial charge in [-0.25, -0.2) is 0 Å². The molecular formula is C25H32BNO4. The molecule has 2 aromatic rings. The fraction of sp³-hybridized carbons (Fsp3) is 0.480. The lowest BCUT2D eigenvalue weighted by Gasteiger charge is -2.32. The number of rotatable bonds is 8. The molecule has 31 heavy (non-hydrogen) atoms. The number of benzene rings is 2. The van der Waals surface area contributed by atoms with Crippen LogP contribution in [0.1, 0.15) is 51.7 Å². The summed E-state index contributed by atoms with van der Waals surface area (Å²) in [5.74, 6) is 1.38. The highest BCUT2D eigenvalue weighted by atomic mass is 16.7. The van der Waals surface area contributed by atoms with E-state index in [1.807, 2.05) is 76.2 Å². The molecule has 1 aliphatic heterocycles. The Hall–Kier alpha value is -2.31. The third kappa shape index (κ3) is 5.31. The fourth-order valence-corrected chi connectivity index (χ4v) is 3.56. The van der Waals surface area contributed by atoms with E-state index in [9.17, 15) is 4.79 Å². The van der Waals surface area contributed by atoms with Crippen molar-refractivity contribution in [2.45, 2.75) is 64.8 Å². The van der Waals surface area contributed by atoms with Gasteiger partial charge in [0.2, 0.25) is 5.91 Å². The molecule has 1 aliphatic carbocycles. The summed E-state index contributed by atoms with van der Waals surface area (Å²) in [6.07, 6.45) is 2.69. The highest BCUT2D eigenvalue weighted by molar-refractivity contribution is 6.62. The van der Waals surface area contributed by atoms with Gasteiger partial charge in [-0.3, -0.25) is 4.79 Å². The van der Waals surface area contributed by atoms with Gasteiger partial charge in [0, 0.05) is 12.1 Å². The molecule has 1 heterocycles. The van der Waals surface area contributed by atoms with Crippen molar-refractivity contribution in [1.29, 1.82) is 0 Å². The first kappa shape index (κ1) is 21.9. The van der Waals surface area contributed by atoms with E-state index in [2.05, 4.69) is 5.32 Å². The van der Waals surface area contributed by atoms with Gasteiger partial charge in [-0.2, -0.15) is 0 Å². The highest BCUT2D eigenvalue weighted by Gasteiger charge is 2.51. The third-order valence-corrected chi connectivity index (χ3v) is 6.48. The number of hydrogen-bond donors (Lipinski definition) is 1. The Morgan fingerprint density at radius 2 is 1.74 bits per heavy atom. The van der Waals surface area contributed by atoms with Crippen molar-refractivity contribution in [3.8, 4) is 5.75 Å². The highest BCUT2D eigenvalue weighted by Crippen LogP contribution is 2.36. The van der Waals surface area contributed by atoms with E-state index in [1.165, 1.54) is 12.8 Å². The summed E-state index contributed by atoms with van der Waals surface area (Å²) in [6, 6.07) is 15.9. The largest absolute Gasteiger partial charge is 0.494 e. The second-order valence-corrected chi connectivity index (χ2v) is 9.65. The third-order valence-electron chi connectivity index (χ3n) is 6.48. The van der Waals surface area contributed by atoms with E-state index in [0.29, 0.717) is 18.3 Å². The Balaban J connectivity index is 1.52. The molecule has 164 valence electrons. The van der Waals surface area contributed by atoms with E-state index in [1.54, 1.807) is 0 Å². The van der Waals surface area contributed by atoms with Crippen molar-refractivity contribution < 1.29 is 18.8 Å². The number of carbonyl (C=O) groups is 1. The Morgan fingerprint density at radius 1 is 1.06 bits per heavy atom. The van der Waals surface area contributed by atoms with Crippen LogP contribution in [0.4, 0.5) is 0 Å². The van der Waals surface area contributed by atoms with E-state index in [4.69, 9.17) is 14.0 Å². The van der Waals surface area contributed by atoms with E-state index in [-0.39, 0.29) is 12.3 Å². The molecule has 0 bridgehead atoms. The molecule has 2 fully saturated rings. The Labute approximate surface area is 185 Å². The summed E-state index contributed by atoms with van der Waals surface area (Å²) in [7, 11) is -0.471. The van der Waals surface area contributed by atoms with Crippen LogP contribution in [-0.4, -0.2) is 30.8 Å². The first-order chi connectivity index (χ1) is 14.7. The number of nitrogens with one attached hydrogen (secondary N) is 1. The second kappa shape index (κ2) is 8.68. The minimum Gasteiger partial charge on any atom is -0.489 e. The van der Waals surface area contributed by atoms with Crippen molar-refractivity contribution in [3.63, 3.8) is 0 Å². The molecular weight excluding hydrogens is 389 g/mol. The van der Waals surface area contributed by atoms with Gasteiger partial charge < -0.3 is 19.4 Å². The summed E-state index contributed by atoms with van der Waals surface area (Å²) in [5.41, 5.74) is 2.00. The molecule has 1 amide bonds. The van der Waals surface area contributed by atoms with Crippen LogP contribution in [0.15, 0.2) is 48.5 Å². The molecule has 0 radical (unpaired) electrons. The lowest BCUT2D eigenvalue weighted by molar-refractivity contribution is -0.120. The number of hydrogen-bond acceptors (Lipinski definition) is 4. The topological polar surface area (TPSA) is 56.8 Å². The van der Waals surface area contributed by atoms with Gasteiger partial charge in [0.05, 0.1) is 17.6 Å². The number of ether oxygens (including phenoxy) is 1. The molecule has 4 rings (SSSR count). The average Bonchev–Trinajstić information content (AvgIpc) is 3.52. The Kier molecular flexibility index (Phi) is 6.13. The minimum atomic E-state index is -0.471. The van der Waals surface area contributed by atoms with Crippen LogP contribution in [0.5, 0.6) is 5.75 Å². The molecule has 0 unspecified atom stereocenters. The number of amides is 1. The Morgan fingerprint density at radius 3 is 2.39 bits per heavy atom. The molecule has 0 aromatic heterocycles.